The first-order valence-electron chi connectivity index (χ1n) is 10.3. The molecule has 2 rings (SSSR count). The smallest absolute Gasteiger partial charge is 0.360 e. The zero-order chi connectivity index (χ0) is 24.9. The Hall–Kier alpha value is -3.92. The second-order valence-corrected chi connectivity index (χ2v) is 6.75. The zero-order valence-electron chi connectivity index (χ0n) is 19.6. The summed E-state index contributed by atoms with van der Waals surface area (Å²) in [5.74, 6) is -0.815. The number of hydrogen-bond donors (Lipinski definition) is 1. The quantitative estimate of drug-likeness (QED) is 0.269. The van der Waals surface area contributed by atoms with Crippen LogP contribution < -0.4 is 10.2 Å². The molecule has 0 spiro atoms. The number of methoxy groups -OCH3 is 1. The molecule has 182 valence electrons. The molecule has 0 fully saturated rings. The summed E-state index contributed by atoms with van der Waals surface area (Å²) in [5.41, 5.74) is 4.10. The molecule has 0 aromatic heterocycles. The highest BCUT2D eigenvalue weighted by molar-refractivity contribution is 6.43. The number of oxime groups is 2. The maximum absolute atomic E-state index is 14.7. The second-order valence-electron chi connectivity index (χ2n) is 6.75. The molecule has 0 aliphatic carbocycles. The van der Waals surface area contributed by atoms with Gasteiger partial charge in [0.15, 0.2) is 5.71 Å². The van der Waals surface area contributed by atoms with Crippen LogP contribution in [0.5, 0.6) is 5.75 Å². The molecule has 0 atom stereocenters. The lowest BCUT2D eigenvalue weighted by atomic mass is 10.0. The van der Waals surface area contributed by atoms with E-state index in [1.807, 2.05) is 6.92 Å². The van der Waals surface area contributed by atoms with Gasteiger partial charge in [0.1, 0.15) is 38.1 Å². The van der Waals surface area contributed by atoms with E-state index in [2.05, 4.69) is 22.4 Å². The van der Waals surface area contributed by atoms with E-state index < -0.39 is 11.8 Å². The topological polar surface area (TPSA) is 100.0 Å². The molecular weight excluding hydrogens is 445 g/mol. The molecule has 0 bridgehead atoms. The number of ether oxygens (including phenoxy) is 2. The van der Waals surface area contributed by atoms with Gasteiger partial charge in [-0.15, -0.1) is 0 Å². The van der Waals surface area contributed by atoms with Gasteiger partial charge in [-0.2, -0.15) is 0 Å². The van der Waals surface area contributed by atoms with E-state index in [4.69, 9.17) is 24.0 Å². The van der Waals surface area contributed by atoms with E-state index in [1.54, 1.807) is 30.3 Å². The van der Waals surface area contributed by atoms with Gasteiger partial charge in [0.05, 0.1) is 19.4 Å². The molecule has 0 radical (unpaired) electrons. The largest absolute Gasteiger partial charge is 0.494 e. The highest BCUT2D eigenvalue weighted by Crippen LogP contribution is 2.20. The molecule has 0 amide bonds. The lowest BCUT2D eigenvalue weighted by Crippen LogP contribution is -2.23. The van der Waals surface area contributed by atoms with Crippen LogP contribution in [0.3, 0.4) is 0 Å². The molecule has 0 saturated carbocycles. The van der Waals surface area contributed by atoms with Crippen LogP contribution in [0, 0.1) is 5.82 Å². The standard InChI is InChI=1S/C24H28FN3O6/c1-6-13-33-18-11-12-20(21(25)14-18)22(27-31-4)16(2)26-34-15-17-9-7-8-10-19(17)23(28-32-5)24(29)30-3/h7-12,14,26H,2,6,13,15H2,1,3-5H3. The number of rotatable bonds is 13. The summed E-state index contributed by atoms with van der Waals surface area (Å²) >= 11 is 0. The number of hydrogen-bond acceptors (Lipinski definition) is 9. The van der Waals surface area contributed by atoms with Gasteiger partial charge in [-0.05, 0) is 24.1 Å². The van der Waals surface area contributed by atoms with Gasteiger partial charge in [-0.1, -0.05) is 48.1 Å². The average Bonchev–Trinajstić information content (AvgIpc) is 2.85. The first-order chi connectivity index (χ1) is 16.5. The fourth-order valence-electron chi connectivity index (χ4n) is 2.87. The van der Waals surface area contributed by atoms with Crippen LogP contribution in [0.1, 0.15) is 30.0 Å². The number of hydroxylamine groups is 1. The molecule has 2 aromatic rings. The predicted molar refractivity (Wildman–Crippen MR) is 125 cm³/mol. The molecule has 0 saturated heterocycles. The normalized spacial score (nSPS) is 11.6. The first-order valence-corrected chi connectivity index (χ1v) is 10.3. The number of carbonyl (C=O) groups is 1. The molecule has 9 nitrogen and oxygen atoms in total. The van der Waals surface area contributed by atoms with E-state index >= 15 is 0 Å². The highest BCUT2D eigenvalue weighted by Gasteiger charge is 2.20. The first kappa shape index (κ1) is 26.3. The average molecular weight is 474 g/mol. The van der Waals surface area contributed by atoms with E-state index in [0.717, 1.165) is 6.42 Å². The van der Waals surface area contributed by atoms with Gasteiger partial charge in [-0.25, -0.2) is 9.18 Å². The molecule has 10 heteroatoms. The molecule has 0 heterocycles. The summed E-state index contributed by atoms with van der Waals surface area (Å²) < 4.78 is 25.0. The van der Waals surface area contributed by atoms with Crippen molar-refractivity contribution in [3.05, 3.63) is 77.2 Å². The Bertz CT molecular complexity index is 1050. The van der Waals surface area contributed by atoms with Crippen molar-refractivity contribution in [1.29, 1.82) is 0 Å². The number of carbonyl (C=O) groups excluding carboxylic acids is 1. The summed E-state index contributed by atoms with van der Waals surface area (Å²) in [6.07, 6.45) is 0.805. The maximum Gasteiger partial charge on any atom is 0.360 e. The van der Waals surface area contributed by atoms with Gasteiger partial charge >= 0.3 is 5.97 Å². The lowest BCUT2D eigenvalue weighted by molar-refractivity contribution is -0.132. The fourth-order valence-corrected chi connectivity index (χ4v) is 2.87. The number of allylic oxidation sites excluding steroid dienone is 1. The van der Waals surface area contributed by atoms with Crippen molar-refractivity contribution in [2.45, 2.75) is 20.0 Å². The van der Waals surface area contributed by atoms with Crippen LogP contribution in [0.2, 0.25) is 0 Å². The van der Waals surface area contributed by atoms with E-state index in [0.29, 0.717) is 23.5 Å². The monoisotopic (exact) mass is 473 g/mol. The van der Waals surface area contributed by atoms with Crippen LogP contribution >= 0.6 is 0 Å². The second kappa shape index (κ2) is 13.6. The molecule has 1 N–H and O–H groups in total. The summed E-state index contributed by atoms with van der Waals surface area (Å²) in [7, 11) is 3.91. The molecule has 2 aromatic carbocycles. The van der Waals surface area contributed by atoms with Crippen LogP contribution in [0.15, 0.2) is 65.1 Å². The van der Waals surface area contributed by atoms with Crippen LogP contribution in [0.25, 0.3) is 0 Å². The Morgan fingerprint density at radius 1 is 1.03 bits per heavy atom. The van der Waals surface area contributed by atoms with Gasteiger partial charge in [0.2, 0.25) is 0 Å². The minimum absolute atomic E-state index is 0.00145. The molecule has 0 aliphatic heterocycles. The summed E-state index contributed by atoms with van der Waals surface area (Å²) in [4.78, 5) is 27.3. The van der Waals surface area contributed by atoms with Gasteiger partial charge in [0.25, 0.3) is 0 Å². The van der Waals surface area contributed by atoms with Gasteiger partial charge in [0, 0.05) is 17.2 Å². The van der Waals surface area contributed by atoms with E-state index in [1.165, 1.54) is 33.5 Å². The van der Waals surface area contributed by atoms with Crippen molar-refractivity contribution in [3.63, 3.8) is 0 Å². The third-order valence-electron chi connectivity index (χ3n) is 4.39. The number of benzene rings is 2. The summed E-state index contributed by atoms with van der Waals surface area (Å²) in [6, 6.07) is 11.3. The molecule has 0 unspecified atom stereocenters. The highest BCUT2D eigenvalue weighted by atomic mass is 19.1. The third-order valence-corrected chi connectivity index (χ3v) is 4.39. The Morgan fingerprint density at radius 2 is 1.74 bits per heavy atom. The van der Waals surface area contributed by atoms with Crippen molar-refractivity contribution >= 4 is 17.4 Å². The number of halogens is 1. The molecule has 0 aliphatic rings. The summed E-state index contributed by atoms with van der Waals surface area (Å²) in [6.45, 7) is 6.30. The minimum atomic E-state index is -0.664. The molecular formula is C24H28FN3O6. The van der Waals surface area contributed by atoms with Crippen LogP contribution in [0.4, 0.5) is 4.39 Å². The predicted octanol–water partition coefficient (Wildman–Crippen LogP) is 3.72. The fraction of sp³-hybridized carbons (Fsp3) is 0.292. The number of nitrogens with one attached hydrogen (secondary N) is 1. The zero-order valence-corrected chi connectivity index (χ0v) is 19.6. The minimum Gasteiger partial charge on any atom is -0.494 e. The van der Waals surface area contributed by atoms with Crippen molar-refractivity contribution in [2.24, 2.45) is 10.3 Å². The molecule has 34 heavy (non-hydrogen) atoms. The number of esters is 1. The van der Waals surface area contributed by atoms with E-state index in [-0.39, 0.29) is 29.3 Å². The van der Waals surface area contributed by atoms with Gasteiger partial charge < -0.3 is 19.1 Å². The lowest BCUT2D eigenvalue weighted by Gasteiger charge is -2.15. The Labute approximate surface area is 197 Å². The van der Waals surface area contributed by atoms with Crippen molar-refractivity contribution in [3.8, 4) is 5.75 Å². The van der Waals surface area contributed by atoms with Crippen molar-refractivity contribution in [1.82, 2.24) is 5.48 Å². The Kier molecular flexibility index (Phi) is 10.5. The maximum atomic E-state index is 14.7. The van der Waals surface area contributed by atoms with E-state index in [9.17, 15) is 9.18 Å². The van der Waals surface area contributed by atoms with Gasteiger partial charge in [-0.3, -0.25) is 10.3 Å². The summed E-state index contributed by atoms with van der Waals surface area (Å²) in [5, 5.41) is 7.63. The Balaban J connectivity index is 2.16. The van der Waals surface area contributed by atoms with Crippen molar-refractivity contribution in [2.75, 3.05) is 27.9 Å². The number of nitrogens with zero attached hydrogens (tertiary/aromatic N) is 2. The SMILES string of the molecule is C=C(NOCc1ccccc1C(=NOC)C(=O)OC)C(=NOC)c1ccc(OCCC)cc1F. The van der Waals surface area contributed by atoms with Crippen LogP contribution in [-0.4, -0.2) is 45.3 Å². The Morgan fingerprint density at radius 3 is 2.38 bits per heavy atom. The van der Waals surface area contributed by atoms with Crippen LogP contribution in [-0.2, 0) is 30.7 Å². The van der Waals surface area contributed by atoms with Crippen molar-refractivity contribution < 1.29 is 33.2 Å². The third kappa shape index (κ3) is 7.04.